The third kappa shape index (κ3) is 8.82. The molecule has 3 aromatic carbocycles. The van der Waals surface area contributed by atoms with Gasteiger partial charge < -0.3 is 15.0 Å². The van der Waals surface area contributed by atoms with E-state index >= 15 is 0 Å². The summed E-state index contributed by atoms with van der Waals surface area (Å²) in [5.41, 5.74) is 0.870. The zero-order chi connectivity index (χ0) is 30.0. The number of rotatable bonds is 13. The lowest BCUT2D eigenvalue weighted by Crippen LogP contribution is -2.56. The van der Waals surface area contributed by atoms with E-state index in [0.717, 1.165) is 9.87 Å². The zero-order valence-electron chi connectivity index (χ0n) is 24.5. The molecule has 0 aromatic heterocycles. The van der Waals surface area contributed by atoms with Crippen molar-refractivity contribution < 1.29 is 22.7 Å². The largest absolute Gasteiger partial charge is 0.494 e. The summed E-state index contributed by atoms with van der Waals surface area (Å²) < 4.78 is 34.4. The number of nitrogens with zero attached hydrogens (tertiary/aromatic N) is 2. The number of hydrogen-bond acceptors (Lipinski definition) is 5. The van der Waals surface area contributed by atoms with E-state index in [0.29, 0.717) is 30.9 Å². The first-order valence-electron chi connectivity index (χ1n) is 13.9. The molecule has 220 valence electrons. The van der Waals surface area contributed by atoms with Crippen molar-refractivity contribution in [3.63, 3.8) is 0 Å². The van der Waals surface area contributed by atoms with Crippen LogP contribution in [0.5, 0.6) is 5.75 Å². The van der Waals surface area contributed by atoms with Crippen molar-refractivity contribution in [3.8, 4) is 5.75 Å². The van der Waals surface area contributed by atoms with Crippen molar-refractivity contribution in [2.24, 2.45) is 0 Å². The van der Waals surface area contributed by atoms with Crippen LogP contribution in [0.2, 0.25) is 0 Å². The standard InChI is InChI=1S/C32H41N3O5S/c1-6-29(31(37)33-32(3,4)5)34(23-22-25-14-10-8-11-15-25)30(36)24-35(26-16-12-9-13-17-26)41(38,39)28-20-18-27(19-21-28)40-7-2/h8-21,29H,6-7,22-24H2,1-5H3,(H,33,37)/t29-/m0/s1. The van der Waals surface area contributed by atoms with Crippen LogP contribution in [0.1, 0.15) is 46.6 Å². The monoisotopic (exact) mass is 579 g/mol. The van der Waals surface area contributed by atoms with Crippen LogP contribution < -0.4 is 14.4 Å². The maximum Gasteiger partial charge on any atom is 0.264 e. The van der Waals surface area contributed by atoms with E-state index in [4.69, 9.17) is 4.74 Å². The van der Waals surface area contributed by atoms with Crippen LogP contribution in [0.25, 0.3) is 0 Å². The minimum absolute atomic E-state index is 0.0333. The van der Waals surface area contributed by atoms with Crippen molar-refractivity contribution in [3.05, 3.63) is 90.5 Å². The molecule has 0 bridgehead atoms. The first-order chi connectivity index (χ1) is 19.5. The summed E-state index contributed by atoms with van der Waals surface area (Å²) in [6.07, 6.45) is 0.891. The van der Waals surface area contributed by atoms with Crippen LogP contribution in [-0.2, 0) is 26.0 Å². The lowest BCUT2D eigenvalue weighted by molar-refractivity contribution is -0.140. The minimum Gasteiger partial charge on any atom is -0.494 e. The van der Waals surface area contributed by atoms with Crippen LogP contribution in [0.4, 0.5) is 5.69 Å². The molecule has 0 aliphatic heterocycles. The smallest absolute Gasteiger partial charge is 0.264 e. The second-order valence-corrected chi connectivity index (χ2v) is 12.6. The molecule has 0 saturated carbocycles. The predicted molar refractivity (Wildman–Crippen MR) is 162 cm³/mol. The van der Waals surface area contributed by atoms with E-state index in [2.05, 4.69) is 5.32 Å². The highest BCUT2D eigenvalue weighted by atomic mass is 32.2. The number of sulfonamides is 1. The van der Waals surface area contributed by atoms with Crippen LogP contribution >= 0.6 is 0 Å². The highest BCUT2D eigenvalue weighted by Gasteiger charge is 2.34. The second kappa shape index (κ2) is 14.2. The fraction of sp³-hybridized carbons (Fsp3) is 0.375. The lowest BCUT2D eigenvalue weighted by Gasteiger charge is -2.34. The number of para-hydroxylation sites is 1. The van der Waals surface area contributed by atoms with Gasteiger partial charge in [-0.05, 0) is 82.5 Å². The Hall–Kier alpha value is -3.85. The number of benzene rings is 3. The second-order valence-electron chi connectivity index (χ2n) is 10.7. The van der Waals surface area contributed by atoms with Crippen LogP contribution in [0, 0.1) is 0 Å². The maximum atomic E-state index is 14.1. The molecule has 0 aliphatic rings. The fourth-order valence-corrected chi connectivity index (χ4v) is 5.89. The van der Waals surface area contributed by atoms with E-state index in [1.54, 1.807) is 42.5 Å². The molecule has 0 fully saturated rings. The Morgan fingerprint density at radius 3 is 2.00 bits per heavy atom. The first kappa shape index (κ1) is 31.7. The molecule has 1 N–H and O–H groups in total. The molecule has 8 nitrogen and oxygen atoms in total. The van der Waals surface area contributed by atoms with Crippen molar-refractivity contribution in [1.82, 2.24) is 10.2 Å². The first-order valence-corrected chi connectivity index (χ1v) is 15.4. The van der Waals surface area contributed by atoms with Gasteiger partial charge in [-0.25, -0.2) is 8.42 Å². The Kier molecular flexibility index (Phi) is 10.9. The SMILES string of the molecule is CCOc1ccc(S(=O)(=O)N(CC(=O)N(CCc2ccccc2)[C@@H](CC)C(=O)NC(C)(C)C)c2ccccc2)cc1. The lowest BCUT2D eigenvalue weighted by atomic mass is 10.1. The number of amides is 2. The Balaban J connectivity index is 1.99. The van der Waals surface area contributed by atoms with Gasteiger partial charge in [0.1, 0.15) is 18.3 Å². The molecule has 3 aromatic rings. The van der Waals surface area contributed by atoms with E-state index in [1.807, 2.05) is 65.0 Å². The number of ether oxygens (including phenoxy) is 1. The molecule has 1 atom stereocenters. The van der Waals surface area contributed by atoms with Gasteiger partial charge in [-0.3, -0.25) is 13.9 Å². The highest BCUT2D eigenvalue weighted by Crippen LogP contribution is 2.26. The van der Waals surface area contributed by atoms with E-state index < -0.39 is 34.1 Å². The number of nitrogens with one attached hydrogen (secondary N) is 1. The van der Waals surface area contributed by atoms with Gasteiger partial charge in [-0.1, -0.05) is 55.5 Å². The van der Waals surface area contributed by atoms with Gasteiger partial charge in [0.25, 0.3) is 10.0 Å². The molecule has 2 amide bonds. The third-order valence-electron chi connectivity index (χ3n) is 6.41. The average molecular weight is 580 g/mol. The Labute approximate surface area is 244 Å². The van der Waals surface area contributed by atoms with Gasteiger partial charge in [-0.2, -0.15) is 0 Å². The maximum absolute atomic E-state index is 14.1. The molecular formula is C32H41N3O5S. The molecule has 9 heteroatoms. The summed E-state index contributed by atoms with van der Waals surface area (Å²) >= 11 is 0. The van der Waals surface area contributed by atoms with E-state index in [-0.39, 0.29) is 17.3 Å². The van der Waals surface area contributed by atoms with Crippen LogP contribution in [-0.4, -0.2) is 56.4 Å². The molecule has 0 aliphatic carbocycles. The molecule has 41 heavy (non-hydrogen) atoms. The van der Waals surface area contributed by atoms with Crippen molar-refractivity contribution in [2.75, 3.05) is 24.0 Å². The Morgan fingerprint density at radius 1 is 0.878 bits per heavy atom. The van der Waals surface area contributed by atoms with Crippen LogP contribution in [0.15, 0.2) is 89.8 Å². The van der Waals surface area contributed by atoms with Gasteiger partial charge in [0.15, 0.2) is 0 Å². The normalized spacial score (nSPS) is 12.3. The summed E-state index contributed by atoms with van der Waals surface area (Å²) in [5.74, 6) is -0.186. The topological polar surface area (TPSA) is 96.0 Å². The van der Waals surface area contributed by atoms with Crippen molar-refractivity contribution in [1.29, 1.82) is 0 Å². The fourth-order valence-electron chi connectivity index (χ4n) is 4.47. The third-order valence-corrected chi connectivity index (χ3v) is 8.20. The molecule has 0 unspecified atom stereocenters. The number of carbonyl (C=O) groups excluding carboxylic acids is 2. The molecule has 0 radical (unpaired) electrons. The Morgan fingerprint density at radius 2 is 1.46 bits per heavy atom. The number of hydrogen-bond donors (Lipinski definition) is 1. The number of anilines is 1. The van der Waals surface area contributed by atoms with Gasteiger partial charge in [0.05, 0.1) is 17.2 Å². The molecule has 0 heterocycles. The Bertz CT molecular complexity index is 1370. The van der Waals surface area contributed by atoms with Gasteiger partial charge in [-0.15, -0.1) is 0 Å². The predicted octanol–water partition coefficient (Wildman–Crippen LogP) is 5.05. The summed E-state index contributed by atoms with van der Waals surface area (Å²) in [6.45, 7) is 9.59. The quantitative estimate of drug-likeness (QED) is 0.306. The number of carbonyl (C=O) groups is 2. The molecule has 0 saturated heterocycles. The van der Waals surface area contributed by atoms with Crippen molar-refractivity contribution >= 4 is 27.5 Å². The van der Waals surface area contributed by atoms with Gasteiger partial charge in [0.2, 0.25) is 11.8 Å². The summed E-state index contributed by atoms with van der Waals surface area (Å²) in [5, 5.41) is 2.98. The van der Waals surface area contributed by atoms with E-state index in [1.165, 1.54) is 17.0 Å². The van der Waals surface area contributed by atoms with Gasteiger partial charge >= 0.3 is 0 Å². The summed E-state index contributed by atoms with van der Waals surface area (Å²) in [7, 11) is -4.13. The zero-order valence-corrected chi connectivity index (χ0v) is 25.4. The van der Waals surface area contributed by atoms with E-state index in [9.17, 15) is 18.0 Å². The van der Waals surface area contributed by atoms with Crippen molar-refractivity contribution in [2.45, 2.75) is 63.9 Å². The summed E-state index contributed by atoms with van der Waals surface area (Å²) in [6, 6.07) is 23.6. The molecule has 0 spiro atoms. The van der Waals surface area contributed by atoms with Crippen LogP contribution in [0.3, 0.4) is 0 Å². The highest BCUT2D eigenvalue weighted by molar-refractivity contribution is 7.92. The average Bonchev–Trinajstić information content (AvgIpc) is 2.94. The molecular weight excluding hydrogens is 538 g/mol. The van der Waals surface area contributed by atoms with Gasteiger partial charge in [0, 0.05) is 12.1 Å². The minimum atomic E-state index is -4.13. The summed E-state index contributed by atoms with van der Waals surface area (Å²) in [4.78, 5) is 29.0. The molecule has 3 rings (SSSR count).